The van der Waals surface area contributed by atoms with Crippen molar-refractivity contribution in [3.8, 4) is 0 Å². The van der Waals surface area contributed by atoms with Crippen LogP contribution in [0.2, 0.25) is 0 Å². The van der Waals surface area contributed by atoms with E-state index in [1.807, 2.05) is 0 Å². The summed E-state index contributed by atoms with van der Waals surface area (Å²) in [6.45, 7) is 3.92. The minimum absolute atomic E-state index is 0.0587. The number of carbonyl (C=O) groups excluding carboxylic acids is 1. The highest BCUT2D eigenvalue weighted by Gasteiger charge is 2.31. The van der Waals surface area contributed by atoms with Crippen molar-refractivity contribution in [1.29, 1.82) is 0 Å². The number of nitrogens with zero attached hydrogens (tertiary/aromatic N) is 1. The predicted molar refractivity (Wildman–Crippen MR) is 94.0 cm³/mol. The van der Waals surface area contributed by atoms with Gasteiger partial charge in [-0.1, -0.05) is 31.4 Å². The summed E-state index contributed by atoms with van der Waals surface area (Å²) in [6.07, 6.45) is 4.92. The van der Waals surface area contributed by atoms with Crippen LogP contribution in [0.1, 0.15) is 44.1 Å². The highest BCUT2D eigenvalue weighted by molar-refractivity contribution is 5.77. The molecule has 1 aliphatic carbocycles. The highest BCUT2D eigenvalue weighted by Crippen LogP contribution is 2.30. The number of nitrogens with one attached hydrogen (secondary N) is 1. The van der Waals surface area contributed by atoms with E-state index in [-0.39, 0.29) is 12.3 Å². The maximum atomic E-state index is 12.1. The first kappa shape index (κ1) is 17.2. The fourth-order valence-electron chi connectivity index (χ4n) is 3.59. The lowest BCUT2D eigenvalue weighted by Gasteiger charge is -2.31. The molecule has 0 radical (unpaired) electrons. The maximum Gasteiger partial charge on any atom is 0.223 e. The van der Waals surface area contributed by atoms with Crippen LogP contribution in [0, 0.1) is 0 Å². The Hall–Kier alpha value is -1.59. The minimum atomic E-state index is -0.789. The zero-order chi connectivity index (χ0) is 16.8. The molecule has 3 rings (SSSR count). The molecule has 0 atom stereocenters. The number of benzene rings is 1. The molecule has 5 heteroatoms. The van der Waals surface area contributed by atoms with Crippen molar-refractivity contribution >= 4 is 11.6 Å². The first-order valence-electron chi connectivity index (χ1n) is 9.05. The Morgan fingerprint density at radius 3 is 2.46 bits per heavy atom. The molecule has 1 saturated carbocycles. The molecule has 24 heavy (non-hydrogen) atoms. The van der Waals surface area contributed by atoms with Crippen molar-refractivity contribution in [1.82, 2.24) is 5.32 Å². The van der Waals surface area contributed by atoms with Crippen LogP contribution >= 0.6 is 0 Å². The monoisotopic (exact) mass is 332 g/mol. The quantitative estimate of drug-likeness (QED) is 0.868. The number of carbonyl (C=O) groups is 1. The third-order valence-corrected chi connectivity index (χ3v) is 5.08. The summed E-state index contributed by atoms with van der Waals surface area (Å²) < 4.78 is 5.37. The number of rotatable bonds is 5. The van der Waals surface area contributed by atoms with Crippen molar-refractivity contribution in [2.45, 2.75) is 50.7 Å². The van der Waals surface area contributed by atoms with E-state index in [1.54, 1.807) is 0 Å². The van der Waals surface area contributed by atoms with Gasteiger partial charge in [-0.3, -0.25) is 4.79 Å². The van der Waals surface area contributed by atoms with E-state index in [9.17, 15) is 9.90 Å². The molecular weight excluding hydrogens is 304 g/mol. The Morgan fingerprint density at radius 1 is 1.12 bits per heavy atom. The first-order valence-corrected chi connectivity index (χ1v) is 9.05. The van der Waals surface area contributed by atoms with Gasteiger partial charge in [0.1, 0.15) is 0 Å². The first-order chi connectivity index (χ1) is 11.6. The molecule has 1 saturated heterocycles. The average Bonchev–Trinajstić information content (AvgIpc) is 2.61. The number of anilines is 1. The van der Waals surface area contributed by atoms with Crippen LogP contribution in [-0.4, -0.2) is 42.9 Å². The van der Waals surface area contributed by atoms with Gasteiger partial charge in [0.15, 0.2) is 0 Å². The Morgan fingerprint density at radius 2 is 1.79 bits per heavy atom. The Balaban J connectivity index is 1.46. The van der Waals surface area contributed by atoms with E-state index in [1.165, 1.54) is 12.1 Å². The average molecular weight is 332 g/mol. The number of morpholine rings is 1. The molecule has 1 aromatic rings. The van der Waals surface area contributed by atoms with Crippen LogP contribution < -0.4 is 10.2 Å². The van der Waals surface area contributed by atoms with Gasteiger partial charge in [-0.2, -0.15) is 0 Å². The highest BCUT2D eigenvalue weighted by atomic mass is 16.5. The summed E-state index contributed by atoms with van der Waals surface area (Å²) in [4.78, 5) is 14.4. The Bertz CT molecular complexity index is 532. The molecule has 0 spiro atoms. The molecule has 2 aliphatic rings. The van der Waals surface area contributed by atoms with E-state index in [4.69, 9.17) is 4.74 Å². The van der Waals surface area contributed by atoms with Gasteiger partial charge in [0, 0.05) is 25.3 Å². The molecule has 132 valence electrons. The van der Waals surface area contributed by atoms with Gasteiger partial charge in [0.2, 0.25) is 5.91 Å². The van der Waals surface area contributed by atoms with E-state index in [2.05, 4.69) is 34.5 Å². The third-order valence-electron chi connectivity index (χ3n) is 5.08. The molecular formula is C19H28N2O3. The fourth-order valence-corrected chi connectivity index (χ4v) is 3.59. The number of amides is 1. The molecule has 1 amide bonds. The topological polar surface area (TPSA) is 61.8 Å². The van der Waals surface area contributed by atoms with E-state index in [0.29, 0.717) is 6.54 Å². The SMILES string of the molecule is O=C(CC1(O)CCCCC1)NCc1ccc(N2CCOCC2)cc1. The van der Waals surface area contributed by atoms with Crippen molar-refractivity contribution in [2.24, 2.45) is 0 Å². The van der Waals surface area contributed by atoms with E-state index < -0.39 is 5.60 Å². The summed E-state index contributed by atoms with van der Waals surface area (Å²) in [6, 6.07) is 8.31. The molecule has 1 heterocycles. The lowest BCUT2D eigenvalue weighted by Crippen LogP contribution is -2.38. The van der Waals surface area contributed by atoms with Crippen LogP contribution in [-0.2, 0) is 16.1 Å². The summed E-state index contributed by atoms with van der Waals surface area (Å²) in [5, 5.41) is 13.4. The normalized spacial score (nSPS) is 20.6. The van der Waals surface area contributed by atoms with Gasteiger partial charge < -0.3 is 20.1 Å². The Kier molecular flexibility index (Phi) is 5.74. The largest absolute Gasteiger partial charge is 0.389 e. The van der Waals surface area contributed by atoms with Gasteiger partial charge in [-0.15, -0.1) is 0 Å². The second-order valence-electron chi connectivity index (χ2n) is 7.00. The number of hydrogen-bond donors (Lipinski definition) is 2. The molecule has 2 fully saturated rings. The van der Waals surface area contributed by atoms with Crippen molar-refractivity contribution in [2.75, 3.05) is 31.2 Å². The van der Waals surface area contributed by atoms with Crippen molar-refractivity contribution in [3.63, 3.8) is 0 Å². The van der Waals surface area contributed by atoms with Gasteiger partial charge in [-0.25, -0.2) is 0 Å². The maximum absolute atomic E-state index is 12.1. The van der Waals surface area contributed by atoms with Gasteiger partial charge in [0.05, 0.1) is 25.2 Å². The summed E-state index contributed by atoms with van der Waals surface area (Å²) in [5.74, 6) is -0.0587. The predicted octanol–water partition coefficient (Wildman–Crippen LogP) is 2.22. The lowest BCUT2D eigenvalue weighted by molar-refractivity contribution is -0.127. The Labute approximate surface area is 144 Å². The number of aliphatic hydroxyl groups is 1. The minimum Gasteiger partial charge on any atom is -0.389 e. The number of hydrogen-bond acceptors (Lipinski definition) is 4. The van der Waals surface area contributed by atoms with Crippen LogP contribution in [0.5, 0.6) is 0 Å². The summed E-state index contributed by atoms with van der Waals surface area (Å²) in [7, 11) is 0. The van der Waals surface area contributed by atoms with Crippen LogP contribution in [0.15, 0.2) is 24.3 Å². The second kappa shape index (κ2) is 7.99. The molecule has 0 unspecified atom stereocenters. The molecule has 1 aliphatic heterocycles. The molecule has 0 aromatic heterocycles. The standard InChI is InChI=1S/C19H28N2O3/c22-18(14-19(23)8-2-1-3-9-19)20-15-16-4-6-17(7-5-16)21-10-12-24-13-11-21/h4-7,23H,1-3,8-15H2,(H,20,22). The molecule has 2 N–H and O–H groups in total. The van der Waals surface area contributed by atoms with Gasteiger partial charge >= 0.3 is 0 Å². The van der Waals surface area contributed by atoms with Gasteiger partial charge in [0.25, 0.3) is 0 Å². The van der Waals surface area contributed by atoms with Crippen LogP contribution in [0.4, 0.5) is 5.69 Å². The summed E-state index contributed by atoms with van der Waals surface area (Å²) in [5.41, 5.74) is 1.49. The van der Waals surface area contributed by atoms with E-state index >= 15 is 0 Å². The van der Waals surface area contributed by atoms with Crippen LogP contribution in [0.3, 0.4) is 0 Å². The summed E-state index contributed by atoms with van der Waals surface area (Å²) >= 11 is 0. The lowest BCUT2D eigenvalue weighted by atomic mass is 9.82. The number of ether oxygens (including phenoxy) is 1. The molecule has 5 nitrogen and oxygen atoms in total. The fraction of sp³-hybridized carbons (Fsp3) is 0.632. The zero-order valence-electron chi connectivity index (χ0n) is 14.3. The zero-order valence-corrected chi connectivity index (χ0v) is 14.3. The van der Waals surface area contributed by atoms with Crippen LogP contribution in [0.25, 0.3) is 0 Å². The molecule has 0 bridgehead atoms. The third kappa shape index (κ3) is 4.71. The smallest absolute Gasteiger partial charge is 0.223 e. The molecule has 1 aromatic carbocycles. The van der Waals surface area contributed by atoms with Crippen molar-refractivity contribution < 1.29 is 14.6 Å². The van der Waals surface area contributed by atoms with E-state index in [0.717, 1.165) is 57.6 Å². The second-order valence-corrected chi connectivity index (χ2v) is 7.00. The van der Waals surface area contributed by atoms with Crippen molar-refractivity contribution in [3.05, 3.63) is 29.8 Å². The van der Waals surface area contributed by atoms with Gasteiger partial charge in [-0.05, 0) is 30.5 Å².